The highest BCUT2D eigenvalue weighted by Crippen LogP contribution is 2.21. The Bertz CT molecular complexity index is 249. The highest BCUT2D eigenvalue weighted by molar-refractivity contribution is 7.99. The van der Waals surface area contributed by atoms with E-state index >= 15 is 0 Å². The molecule has 6 heteroatoms. The third kappa shape index (κ3) is 2.18. The molecule has 0 aliphatic rings. The lowest BCUT2D eigenvalue weighted by atomic mass is 10.3. The van der Waals surface area contributed by atoms with Crippen molar-refractivity contribution in [3.63, 3.8) is 0 Å². The Hall–Kier alpha value is -0.620. The van der Waals surface area contributed by atoms with Crippen molar-refractivity contribution in [3.05, 3.63) is 0 Å². The molecule has 0 bridgehead atoms. The number of hydrogen-bond acceptors (Lipinski definition) is 5. The van der Waals surface area contributed by atoms with Crippen LogP contribution in [-0.2, 0) is 7.05 Å². The van der Waals surface area contributed by atoms with Gasteiger partial charge in [-0.15, -0.1) is 5.10 Å². The van der Waals surface area contributed by atoms with Gasteiger partial charge >= 0.3 is 0 Å². The van der Waals surface area contributed by atoms with E-state index in [-0.39, 0.29) is 11.4 Å². The largest absolute Gasteiger partial charge is 0.392 e. The first-order valence-electron chi connectivity index (χ1n) is 3.68. The van der Waals surface area contributed by atoms with Crippen LogP contribution in [0.4, 0.5) is 0 Å². The van der Waals surface area contributed by atoms with Gasteiger partial charge in [-0.1, -0.05) is 18.7 Å². The van der Waals surface area contributed by atoms with Crippen molar-refractivity contribution in [2.45, 2.75) is 30.4 Å². The van der Waals surface area contributed by atoms with Crippen molar-refractivity contribution in [3.8, 4) is 0 Å². The normalized spacial score (nSPS) is 16.0. The number of aliphatic hydroxyl groups excluding tert-OH is 1. The van der Waals surface area contributed by atoms with Gasteiger partial charge in [0.1, 0.15) is 0 Å². The summed E-state index contributed by atoms with van der Waals surface area (Å²) in [6.07, 6.45) is -0.355. The highest BCUT2D eigenvalue weighted by Gasteiger charge is 2.13. The smallest absolute Gasteiger partial charge is 0.209 e. The number of thioether (sulfide) groups is 1. The summed E-state index contributed by atoms with van der Waals surface area (Å²) in [4.78, 5) is 0. The minimum atomic E-state index is -0.355. The van der Waals surface area contributed by atoms with Gasteiger partial charge in [-0.3, -0.25) is 0 Å². The van der Waals surface area contributed by atoms with Crippen molar-refractivity contribution in [1.29, 1.82) is 0 Å². The Labute approximate surface area is 75.2 Å². The summed E-state index contributed by atoms with van der Waals surface area (Å²) in [5.74, 6) is 0. The molecule has 1 N–H and O–H groups in total. The van der Waals surface area contributed by atoms with Gasteiger partial charge in [0.15, 0.2) is 0 Å². The van der Waals surface area contributed by atoms with Gasteiger partial charge in [-0.25, -0.2) is 4.68 Å². The molecule has 0 radical (unpaired) electrons. The van der Waals surface area contributed by atoms with Gasteiger partial charge < -0.3 is 5.11 Å². The molecule has 0 amide bonds. The van der Waals surface area contributed by atoms with E-state index in [0.29, 0.717) is 0 Å². The molecular formula is C6H12N4OS. The van der Waals surface area contributed by atoms with E-state index in [1.807, 2.05) is 6.92 Å². The second kappa shape index (κ2) is 3.86. The fourth-order valence-corrected chi connectivity index (χ4v) is 1.39. The summed E-state index contributed by atoms with van der Waals surface area (Å²) in [6, 6.07) is 0. The SMILES string of the molecule is CC(O)C(C)Sc1nnnn1C. The van der Waals surface area contributed by atoms with Gasteiger partial charge in [0, 0.05) is 12.3 Å². The molecule has 0 spiro atoms. The Balaban J connectivity index is 2.58. The van der Waals surface area contributed by atoms with E-state index in [0.717, 1.165) is 5.16 Å². The van der Waals surface area contributed by atoms with E-state index in [2.05, 4.69) is 15.5 Å². The van der Waals surface area contributed by atoms with Crippen molar-refractivity contribution in [2.24, 2.45) is 7.05 Å². The predicted molar refractivity (Wildman–Crippen MR) is 45.8 cm³/mol. The van der Waals surface area contributed by atoms with Crippen LogP contribution < -0.4 is 0 Å². The van der Waals surface area contributed by atoms with Crippen molar-refractivity contribution >= 4 is 11.8 Å². The van der Waals surface area contributed by atoms with E-state index in [4.69, 9.17) is 0 Å². The van der Waals surface area contributed by atoms with Gasteiger partial charge in [-0.2, -0.15) is 0 Å². The zero-order valence-corrected chi connectivity index (χ0v) is 8.12. The van der Waals surface area contributed by atoms with Gasteiger partial charge in [0.2, 0.25) is 5.16 Å². The minimum absolute atomic E-state index is 0.106. The summed E-state index contributed by atoms with van der Waals surface area (Å²) < 4.78 is 1.59. The number of rotatable bonds is 3. The van der Waals surface area contributed by atoms with Crippen LogP contribution in [0.2, 0.25) is 0 Å². The van der Waals surface area contributed by atoms with Crippen LogP contribution in [0.1, 0.15) is 13.8 Å². The lowest BCUT2D eigenvalue weighted by Gasteiger charge is -2.11. The minimum Gasteiger partial charge on any atom is -0.392 e. The molecule has 0 aliphatic carbocycles. The molecule has 2 unspecified atom stereocenters. The molecule has 1 aromatic rings. The lowest BCUT2D eigenvalue weighted by Crippen LogP contribution is -2.15. The predicted octanol–water partition coefficient (Wildman–Crippen LogP) is 0.0715. The standard InChI is InChI=1S/C6H12N4OS/c1-4(11)5(2)12-6-7-8-9-10(6)3/h4-5,11H,1-3H3. The zero-order valence-electron chi connectivity index (χ0n) is 7.30. The highest BCUT2D eigenvalue weighted by atomic mass is 32.2. The fraction of sp³-hybridized carbons (Fsp3) is 0.833. The fourth-order valence-electron chi connectivity index (χ4n) is 0.586. The Morgan fingerprint density at radius 1 is 1.50 bits per heavy atom. The Kier molecular flexibility index (Phi) is 3.05. The first-order valence-corrected chi connectivity index (χ1v) is 4.56. The number of hydrogen-bond donors (Lipinski definition) is 1. The van der Waals surface area contributed by atoms with Crippen LogP contribution in [0.3, 0.4) is 0 Å². The van der Waals surface area contributed by atoms with Crippen LogP contribution in [0.15, 0.2) is 5.16 Å². The molecule has 2 atom stereocenters. The molecule has 5 nitrogen and oxygen atoms in total. The number of aromatic nitrogens is 4. The summed E-state index contributed by atoms with van der Waals surface area (Å²) >= 11 is 1.46. The first-order chi connectivity index (χ1) is 5.61. The van der Waals surface area contributed by atoms with Crippen molar-refractivity contribution < 1.29 is 5.11 Å². The Morgan fingerprint density at radius 2 is 2.17 bits per heavy atom. The van der Waals surface area contributed by atoms with Crippen LogP contribution in [0.5, 0.6) is 0 Å². The summed E-state index contributed by atoms with van der Waals surface area (Å²) in [7, 11) is 1.77. The van der Waals surface area contributed by atoms with Gasteiger partial charge in [0.25, 0.3) is 0 Å². The van der Waals surface area contributed by atoms with Gasteiger partial charge in [-0.05, 0) is 17.4 Å². The monoisotopic (exact) mass is 188 g/mol. The maximum Gasteiger partial charge on any atom is 0.209 e. The summed E-state index contributed by atoms with van der Waals surface area (Å²) in [6.45, 7) is 3.69. The quantitative estimate of drug-likeness (QED) is 0.680. The Morgan fingerprint density at radius 3 is 2.58 bits per heavy atom. The third-order valence-corrected chi connectivity index (χ3v) is 2.87. The molecule has 0 aromatic carbocycles. The molecule has 1 heterocycles. The number of nitrogens with zero attached hydrogens (tertiary/aromatic N) is 4. The molecule has 1 rings (SSSR count). The topological polar surface area (TPSA) is 63.8 Å². The molecule has 68 valence electrons. The first kappa shape index (κ1) is 9.47. The molecule has 0 saturated heterocycles. The molecule has 0 fully saturated rings. The maximum atomic E-state index is 9.21. The van der Waals surface area contributed by atoms with E-state index in [1.54, 1.807) is 18.7 Å². The maximum absolute atomic E-state index is 9.21. The molecular weight excluding hydrogens is 176 g/mol. The zero-order chi connectivity index (χ0) is 9.14. The number of tetrazole rings is 1. The second-order valence-corrected chi connectivity index (χ2v) is 3.99. The van der Waals surface area contributed by atoms with Crippen LogP contribution >= 0.6 is 11.8 Å². The second-order valence-electron chi connectivity index (χ2n) is 2.65. The van der Waals surface area contributed by atoms with Crippen molar-refractivity contribution in [1.82, 2.24) is 20.2 Å². The molecule has 12 heavy (non-hydrogen) atoms. The van der Waals surface area contributed by atoms with E-state index in [9.17, 15) is 5.11 Å². The lowest BCUT2D eigenvalue weighted by molar-refractivity contribution is 0.196. The number of aliphatic hydroxyl groups is 1. The van der Waals surface area contributed by atoms with E-state index in [1.165, 1.54) is 11.8 Å². The summed E-state index contributed by atoms with van der Waals surface area (Å²) in [5.41, 5.74) is 0. The van der Waals surface area contributed by atoms with Crippen LogP contribution in [0, 0.1) is 0 Å². The van der Waals surface area contributed by atoms with Crippen LogP contribution in [0.25, 0.3) is 0 Å². The molecule has 1 aromatic heterocycles. The molecule has 0 aliphatic heterocycles. The average molecular weight is 188 g/mol. The average Bonchev–Trinajstić information content (AvgIpc) is 2.36. The van der Waals surface area contributed by atoms with Gasteiger partial charge in [0.05, 0.1) is 6.10 Å². The van der Waals surface area contributed by atoms with Crippen molar-refractivity contribution in [2.75, 3.05) is 0 Å². The van der Waals surface area contributed by atoms with Crippen LogP contribution in [-0.4, -0.2) is 36.7 Å². The van der Waals surface area contributed by atoms with E-state index < -0.39 is 0 Å². The molecule has 0 saturated carbocycles. The number of aryl methyl sites for hydroxylation is 1. The third-order valence-electron chi connectivity index (χ3n) is 1.55. The summed E-state index contributed by atoms with van der Waals surface area (Å²) in [5, 5.41) is 21.0.